The summed E-state index contributed by atoms with van der Waals surface area (Å²) >= 11 is 0. The number of nitrogens with zero attached hydrogens (tertiary/aromatic N) is 2. The standard InChI is InChI=1S/C25H23N3O3/c1-15-5-9-20(10-6-15)27-17(3)13-19(18(27)4)14-22-23(29)26-25(31)28(24(22)30)21-11-7-16(2)8-12-21/h5-14H,1-4H3,(H,26,29,31)/b22-14-. The summed E-state index contributed by atoms with van der Waals surface area (Å²) in [5, 5.41) is 2.27. The molecule has 156 valence electrons. The number of amides is 4. The molecule has 0 aliphatic carbocycles. The number of barbiturate groups is 1. The van der Waals surface area contributed by atoms with Gasteiger partial charge in [0.1, 0.15) is 5.57 Å². The molecule has 6 nitrogen and oxygen atoms in total. The van der Waals surface area contributed by atoms with Crippen LogP contribution in [0.25, 0.3) is 11.8 Å². The van der Waals surface area contributed by atoms with Crippen LogP contribution >= 0.6 is 0 Å². The SMILES string of the molecule is Cc1ccc(N2C(=O)NC(=O)/C(=C/c3cc(C)n(-c4ccc(C)cc4)c3C)C2=O)cc1. The van der Waals surface area contributed by atoms with E-state index in [2.05, 4.69) is 9.88 Å². The van der Waals surface area contributed by atoms with E-state index in [1.807, 2.05) is 70.2 Å². The van der Waals surface area contributed by atoms with Crippen molar-refractivity contribution >= 4 is 29.6 Å². The molecule has 31 heavy (non-hydrogen) atoms. The van der Waals surface area contributed by atoms with Crippen LogP contribution in [0.15, 0.2) is 60.2 Å². The Bertz CT molecular complexity index is 1230. The van der Waals surface area contributed by atoms with Crippen LogP contribution in [0.3, 0.4) is 0 Å². The molecule has 1 fully saturated rings. The van der Waals surface area contributed by atoms with Crippen molar-refractivity contribution in [2.24, 2.45) is 0 Å². The molecule has 1 aliphatic heterocycles. The number of nitrogens with one attached hydrogen (secondary N) is 1. The number of carbonyl (C=O) groups excluding carboxylic acids is 3. The van der Waals surface area contributed by atoms with E-state index in [-0.39, 0.29) is 5.57 Å². The summed E-state index contributed by atoms with van der Waals surface area (Å²) in [6.45, 7) is 7.86. The number of rotatable bonds is 3. The largest absolute Gasteiger partial charge is 0.335 e. The van der Waals surface area contributed by atoms with Crippen molar-refractivity contribution in [2.45, 2.75) is 27.7 Å². The Morgan fingerprint density at radius 1 is 0.774 bits per heavy atom. The second kappa shape index (κ2) is 7.72. The highest BCUT2D eigenvalue weighted by atomic mass is 16.2. The molecule has 3 aromatic rings. The van der Waals surface area contributed by atoms with E-state index in [9.17, 15) is 14.4 Å². The van der Waals surface area contributed by atoms with Crippen molar-refractivity contribution in [3.63, 3.8) is 0 Å². The summed E-state index contributed by atoms with van der Waals surface area (Å²) in [5.74, 6) is -1.34. The Balaban J connectivity index is 1.75. The molecule has 0 atom stereocenters. The van der Waals surface area contributed by atoms with Gasteiger partial charge in [-0.15, -0.1) is 0 Å². The fraction of sp³-hybridized carbons (Fsp3) is 0.160. The van der Waals surface area contributed by atoms with Gasteiger partial charge in [-0.3, -0.25) is 14.9 Å². The molecule has 0 radical (unpaired) electrons. The molecule has 4 amide bonds. The summed E-state index contributed by atoms with van der Waals surface area (Å²) in [6.07, 6.45) is 1.55. The number of imide groups is 2. The van der Waals surface area contributed by atoms with Gasteiger partial charge < -0.3 is 4.57 Å². The van der Waals surface area contributed by atoms with Gasteiger partial charge in [0.2, 0.25) is 0 Å². The Labute approximate surface area is 180 Å². The van der Waals surface area contributed by atoms with Crippen molar-refractivity contribution in [1.82, 2.24) is 9.88 Å². The average molecular weight is 413 g/mol. The Morgan fingerprint density at radius 2 is 1.32 bits per heavy atom. The van der Waals surface area contributed by atoms with Gasteiger partial charge in [-0.05, 0) is 69.7 Å². The van der Waals surface area contributed by atoms with Crippen molar-refractivity contribution in [3.8, 4) is 5.69 Å². The Kier molecular flexibility index (Phi) is 5.07. The maximum absolute atomic E-state index is 13.1. The van der Waals surface area contributed by atoms with Crippen molar-refractivity contribution in [2.75, 3.05) is 4.90 Å². The van der Waals surface area contributed by atoms with E-state index >= 15 is 0 Å². The van der Waals surface area contributed by atoms with Gasteiger partial charge in [-0.1, -0.05) is 35.4 Å². The third-order valence-electron chi connectivity index (χ3n) is 5.46. The number of aryl methyl sites for hydroxylation is 3. The summed E-state index contributed by atoms with van der Waals surface area (Å²) < 4.78 is 2.07. The van der Waals surface area contributed by atoms with Gasteiger partial charge in [0.15, 0.2) is 0 Å². The first-order valence-corrected chi connectivity index (χ1v) is 10.0. The molecule has 1 saturated heterocycles. The first-order chi connectivity index (χ1) is 14.8. The van der Waals surface area contributed by atoms with Gasteiger partial charge in [0, 0.05) is 17.1 Å². The highest BCUT2D eigenvalue weighted by molar-refractivity contribution is 6.39. The molecule has 0 unspecified atom stereocenters. The van der Waals surface area contributed by atoms with E-state index in [1.165, 1.54) is 5.56 Å². The van der Waals surface area contributed by atoms with E-state index < -0.39 is 17.8 Å². The number of hydrogen-bond donors (Lipinski definition) is 1. The van der Waals surface area contributed by atoms with Gasteiger partial charge in [0.25, 0.3) is 11.8 Å². The van der Waals surface area contributed by atoms with Crippen LogP contribution in [0.2, 0.25) is 0 Å². The smallest absolute Gasteiger partial charge is 0.318 e. The third-order valence-corrected chi connectivity index (χ3v) is 5.46. The molecule has 0 bridgehead atoms. The molecule has 2 heterocycles. The zero-order valence-electron chi connectivity index (χ0n) is 17.9. The van der Waals surface area contributed by atoms with E-state index in [0.717, 1.165) is 33.1 Å². The fourth-order valence-corrected chi connectivity index (χ4v) is 3.77. The minimum atomic E-state index is -0.749. The summed E-state index contributed by atoms with van der Waals surface area (Å²) in [5.41, 5.74) is 6.12. The van der Waals surface area contributed by atoms with E-state index in [1.54, 1.807) is 18.2 Å². The van der Waals surface area contributed by atoms with Gasteiger partial charge >= 0.3 is 6.03 Å². The van der Waals surface area contributed by atoms with Gasteiger partial charge in [-0.25, -0.2) is 9.69 Å². The maximum atomic E-state index is 13.1. The predicted molar refractivity (Wildman–Crippen MR) is 120 cm³/mol. The molecule has 2 aromatic carbocycles. The van der Waals surface area contributed by atoms with E-state index in [4.69, 9.17) is 0 Å². The first-order valence-electron chi connectivity index (χ1n) is 10.0. The van der Waals surface area contributed by atoms with Crippen molar-refractivity contribution < 1.29 is 14.4 Å². The number of anilines is 1. The number of hydrogen-bond acceptors (Lipinski definition) is 3. The van der Waals surface area contributed by atoms with Crippen LogP contribution in [0.4, 0.5) is 10.5 Å². The van der Waals surface area contributed by atoms with Crippen molar-refractivity contribution in [3.05, 3.63) is 88.2 Å². The van der Waals surface area contributed by atoms with Crippen LogP contribution < -0.4 is 10.2 Å². The number of aromatic nitrogens is 1. The zero-order valence-corrected chi connectivity index (χ0v) is 17.9. The number of benzene rings is 2. The molecule has 1 aromatic heterocycles. The third kappa shape index (κ3) is 3.68. The summed E-state index contributed by atoms with van der Waals surface area (Å²) in [4.78, 5) is 39.0. The van der Waals surface area contributed by atoms with Crippen LogP contribution in [0, 0.1) is 27.7 Å². The quantitative estimate of drug-likeness (QED) is 0.512. The highest BCUT2D eigenvalue weighted by Gasteiger charge is 2.37. The van der Waals surface area contributed by atoms with Crippen LogP contribution in [-0.4, -0.2) is 22.4 Å². The molecule has 4 rings (SSSR count). The molecule has 6 heteroatoms. The number of urea groups is 1. The molecule has 1 aliphatic rings. The first kappa shape index (κ1) is 20.3. The maximum Gasteiger partial charge on any atom is 0.335 e. The van der Waals surface area contributed by atoms with Gasteiger partial charge in [-0.2, -0.15) is 0 Å². The van der Waals surface area contributed by atoms with Crippen LogP contribution in [0.1, 0.15) is 28.1 Å². The monoisotopic (exact) mass is 413 g/mol. The topological polar surface area (TPSA) is 71.4 Å². The predicted octanol–water partition coefficient (Wildman–Crippen LogP) is 4.38. The minimum absolute atomic E-state index is 0.0793. The lowest BCUT2D eigenvalue weighted by Crippen LogP contribution is -2.54. The summed E-state index contributed by atoms with van der Waals surface area (Å²) in [7, 11) is 0. The van der Waals surface area contributed by atoms with Crippen LogP contribution in [-0.2, 0) is 9.59 Å². The molecule has 1 N–H and O–H groups in total. The lowest BCUT2D eigenvalue weighted by atomic mass is 10.1. The van der Waals surface area contributed by atoms with Crippen LogP contribution in [0.5, 0.6) is 0 Å². The zero-order chi connectivity index (χ0) is 22.3. The number of carbonyl (C=O) groups is 3. The second-order valence-electron chi connectivity index (χ2n) is 7.79. The van der Waals surface area contributed by atoms with Crippen molar-refractivity contribution in [1.29, 1.82) is 0 Å². The molecule has 0 saturated carbocycles. The highest BCUT2D eigenvalue weighted by Crippen LogP contribution is 2.26. The summed E-state index contributed by atoms with van der Waals surface area (Å²) in [6, 6.07) is 16.3. The Morgan fingerprint density at radius 3 is 1.90 bits per heavy atom. The average Bonchev–Trinajstić information content (AvgIpc) is 3.00. The second-order valence-corrected chi connectivity index (χ2v) is 7.79. The molecule has 0 spiro atoms. The normalized spacial score (nSPS) is 15.5. The minimum Gasteiger partial charge on any atom is -0.318 e. The molecular formula is C25H23N3O3. The fourth-order valence-electron chi connectivity index (χ4n) is 3.77. The lowest BCUT2D eigenvalue weighted by molar-refractivity contribution is -0.122. The molecular weight excluding hydrogens is 390 g/mol. The Hall–Kier alpha value is -3.93. The van der Waals surface area contributed by atoms with Gasteiger partial charge in [0.05, 0.1) is 5.69 Å². The lowest BCUT2D eigenvalue weighted by Gasteiger charge is -2.26. The van der Waals surface area contributed by atoms with E-state index in [0.29, 0.717) is 5.69 Å².